The lowest BCUT2D eigenvalue weighted by atomic mass is 10.3. The van der Waals surface area contributed by atoms with E-state index >= 15 is 0 Å². The van der Waals surface area contributed by atoms with E-state index in [2.05, 4.69) is 46.1 Å². The molecule has 18 heavy (non-hydrogen) atoms. The molecule has 1 aromatic rings. The predicted octanol–water partition coefficient (Wildman–Crippen LogP) is 0.974. The number of hydrogen-bond donors (Lipinski definition) is 1. The number of nitrogens with zero attached hydrogens (tertiary/aromatic N) is 4. The van der Waals surface area contributed by atoms with E-state index in [9.17, 15) is 0 Å². The Kier molecular flexibility index (Phi) is 6.60. The fourth-order valence-corrected chi connectivity index (χ4v) is 1.78. The summed E-state index contributed by atoms with van der Waals surface area (Å²) in [6, 6.07) is 0. The van der Waals surface area contributed by atoms with Crippen LogP contribution < -0.4 is 10.2 Å². The van der Waals surface area contributed by atoms with Crippen molar-refractivity contribution in [2.24, 2.45) is 0 Å². The summed E-state index contributed by atoms with van der Waals surface area (Å²) in [4.78, 5) is 13.3. The molecule has 0 radical (unpaired) electrons. The van der Waals surface area contributed by atoms with Gasteiger partial charge in [0.05, 0.1) is 0 Å². The molecule has 0 saturated carbocycles. The fraction of sp³-hybridized carbons (Fsp3) is 0.692. The van der Waals surface area contributed by atoms with E-state index in [1.165, 1.54) is 0 Å². The second-order valence-electron chi connectivity index (χ2n) is 4.66. The first kappa shape index (κ1) is 14.9. The second kappa shape index (κ2) is 8.00. The van der Waals surface area contributed by atoms with Crippen molar-refractivity contribution >= 4 is 5.95 Å². The SMILES string of the molecule is CCN(CCCN(C)C)c1ncc(CNC)cn1. The van der Waals surface area contributed by atoms with Gasteiger partial charge in [0.1, 0.15) is 0 Å². The lowest BCUT2D eigenvalue weighted by Gasteiger charge is -2.21. The van der Waals surface area contributed by atoms with Crippen LogP contribution in [0, 0.1) is 0 Å². The van der Waals surface area contributed by atoms with Gasteiger partial charge in [-0.05, 0) is 41.0 Å². The Balaban J connectivity index is 2.53. The lowest BCUT2D eigenvalue weighted by molar-refractivity contribution is 0.400. The van der Waals surface area contributed by atoms with Gasteiger partial charge in [-0.15, -0.1) is 0 Å². The summed E-state index contributed by atoms with van der Waals surface area (Å²) in [5, 5.41) is 3.09. The Morgan fingerprint density at radius 3 is 2.33 bits per heavy atom. The Labute approximate surface area is 110 Å². The van der Waals surface area contributed by atoms with Crippen LogP contribution in [-0.2, 0) is 6.54 Å². The molecule has 0 saturated heterocycles. The van der Waals surface area contributed by atoms with Crippen LogP contribution in [0.5, 0.6) is 0 Å². The van der Waals surface area contributed by atoms with Gasteiger partial charge in [-0.1, -0.05) is 0 Å². The van der Waals surface area contributed by atoms with Crippen LogP contribution in [0.25, 0.3) is 0 Å². The van der Waals surface area contributed by atoms with Crippen molar-refractivity contribution in [3.63, 3.8) is 0 Å². The highest BCUT2D eigenvalue weighted by molar-refractivity contribution is 5.29. The zero-order valence-electron chi connectivity index (χ0n) is 12.0. The highest BCUT2D eigenvalue weighted by atomic mass is 15.2. The molecule has 102 valence electrons. The minimum Gasteiger partial charge on any atom is -0.341 e. The first-order valence-electron chi connectivity index (χ1n) is 6.52. The van der Waals surface area contributed by atoms with Crippen molar-refractivity contribution in [3.05, 3.63) is 18.0 Å². The number of anilines is 1. The van der Waals surface area contributed by atoms with Gasteiger partial charge in [-0.25, -0.2) is 9.97 Å². The zero-order chi connectivity index (χ0) is 13.4. The molecule has 0 atom stereocenters. The number of aromatic nitrogens is 2. The maximum atomic E-state index is 4.43. The van der Waals surface area contributed by atoms with E-state index in [1.807, 2.05) is 19.4 Å². The number of rotatable bonds is 8. The third kappa shape index (κ3) is 4.98. The van der Waals surface area contributed by atoms with Crippen molar-refractivity contribution < 1.29 is 0 Å². The van der Waals surface area contributed by atoms with Crippen LogP contribution in [-0.4, -0.2) is 55.6 Å². The molecule has 0 aliphatic carbocycles. The number of nitrogens with one attached hydrogen (secondary N) is 1. The predicted molar refractivity (Wildman–Crippen MR) is 75.9 cm³/mol. The van der Waals surface area contributed by atoms with Crippen molar-refractivity contribution in [3.8, 4) is 0 Å². The number of hydrogen-bond acceptors (Lipinski definition) is 5. The third-order valence-corrected chi connectivity index (χ3v) is 2.77. The quantitative estimate of drug-likeness (QED) is 0.746. The molecule has 5 nitrogen and oxygen atoms in total. The van der Waals surface area contributed by atoms with Gasteiger partial charge in [-0.3, -0.25) is 0 Å². The van der Waals surface area contributed by atoms with Gasteiger partial charge in [0.2, 0.25) is 5.95 Å². The lowest BCUT2D eigenvalue weighted by Crippen LogP contribution is -2.28. The Hall–Kier alpha value is -1.20. The summed E-state index contributed by atoms with van der Waals surface area (Å²) in [5.41, 5.74) is 1.12. The molecule has 1 aromatic heterocycles. The standard InChI is InChI=1S/C13H25N5/c1-5-18(8-6-7-17(3)4)13-15-10-12(9-14-2)11-16-13/h10-11,14H,5-9H2,1-4H3. The maximum absolute atomic E-state index is 4.43. The van der Waals surface area contributed by atoms with Crippen LogP contribution in [0.2, 0.25) is 0 Å². The van der Waals surface area contributed by atoms with Crippen LogP contribution >= 0.6 is 0 Å². The van der Waals surface area contributed by atoms with Crippen molar-refractivity contribution in [2.45, 2.75) is 19.9 Å². The Morgan fingerprint density at radius 1 is 1.17 bits per heavy atom. The van der Waals surface area contributed by atoms with Crippen LogP contribution in [0.3, 0.4) is 0 Å². The summed E-state index contributed by atoms with van der Waals surface area (Å²) in [6.45, 7) is 5.99. The monoisotopic (exact) mass is 251 g/mol. The zero-order valence-corrected chi connectivity index (χ0v) is 12.0. The molecular weight excluding hydrogens is 226 g/mol. The Morgan fingerprint density at radius 2 is 1.83 bits per heavy atom. The first-order valence-corrected chi connectivity index (χ1v) is 6.52. The summed E-state index contributed by atoms with van der Waals surface area (Å²) >= 11 is 0. The van der Waals surface area contributed by atoms with Crippen LogP contribution in [0.15, 0.2) is 12.4 Å². The van der Waals surface area contributed by atoms with Crippen LogP contribution in [0.4, 0.5) is 5.95 Å². The maximum Gasteiger partial charge on any atom is 0.225 e. The minimum absolute atomic E-state index is 0.813. The average Bonchev–Trinajstić information content (AvgIpc) is 2.36. The van der Waals surface area contributed by atoms with E-state index in [0.717, 1.165) is 44.1 Å². The van der Waals surface area contributed by atoms with Gasteiger partial charge in [0, 0.05) is 37.6 Å². The Bertz CT molecular complexity index is 323. The topological polar surface area (TPSA) is 44.3 Å². The largest absolute Gasteiger partial charge is 0.341 e. The summed E-state index contributed by atoms with van der Waals surface area (Å²) in [6.07, 6.45) is 4.92. The smallest absolute Gasteiger partial charge is 0.225 e. The second-order valence-corrected chi connectivity index (χ2v) is 4.66. The fourth-order valence-electron chi connectivity index (χ4n) is 1.78. The molecule has 0 fully saturated rings. The van der Waals surface area contributed by atoms with Gasteiger partial charge < -0.3 is 15.1 Å². The van der Waals surface area contributed by atoms with E-state index in [0.29, 0.717) is 0 Å². The molecule has 1 N–H and O–H groups in total. The highest BCUT2D eigenvalue weighted by Gasteiger charge is 2.07. The van der Waals surface area contributed by atoms with Gasteiger partial charge in [-0.2, -0.15) is 0 Å². The van der Waals surface area contributed by atoms with Crippen molar-refractivity contribution in [1.29, 1.82) is 0 Å². The molecule has 0 bridgehead atoms. The molecule has 0 amide bonds. The average molecular weight is 251 g/mol. The molecular formula is C13H25N5. The van der Waals surface area contributed by atoms with E-state index < -0.39 is 0 Å². The minimum atomic E-state index is 0.813. The molecule has 5 heteroatoms. The van der Waals surface area contributed by atoms with E-state index in [1.54, 1.807) is 0 Å². The molecule has 1 heterocycles. The molecule has 0 unspecified atom stereocenters. The normalized spacial score (nSPS) is 10.9. The van der Waals surface area contributed by atoms with E-state index in [-0.39, 0.29) is 0 Å². The summed E-state index contributed by atoms with van der Waals surface area (Å²) in [7, 11) is 6.12. The van der Waals surface area contributed by atoms with Crippen LogP contribution in [0.1, 0.15) is 18.9 Å². The molecule has 0 spiro atoms. The van der Waals surface area contributed by atoms with Gasteiger partial charge in [0.15, 0.2) is 0 Å². The summed E-state index contributed by atoms with van der Waals surface area (Å²) < 4.78 is 0. The van der Waals surface area contributed by atoms with Crippen molar-refractivity contribution in [2.75, 3.05) is 45.7 Å². The third-order valence-electron chi connectivity index (χ3n) is 2.77. The molecule has 0 aliphatic rings. The molecule has 0 aliphatic heterocycles. The van der Waals surface area contributed by atoms with Crippen molar-refractivity contribution in [1.82, 2.24) is 20.2 Å². The van der Waals surface area contributed by atoms with E-state index in [4.69, 9.17) is 0 Å². The van der Waals surface area contributed by atoms with Gasteiger partial charge in [0.25, 0.3) is 0 Å². The highest BCUT2D eigenvalue weighted by Crippen LogP contribution is 2.07. The molecule has 0 aromatic carbocycles. The molecule has 1 rings (SSSR count). The first-order chi connectivity index (χ1) is 8.67. The summed E-state index contributed by atoms with van der Waals surface area (Å²) in [5.74, 6) is 0.830. The van der Waals surface area contributed by atoms with Gasteiger partial charge >= 0.3 is 0 Å².